The van der Waals surface area contributed by atoms with Gasteiger partial charge in [-0.3, -0.25) is 4.79 Å². The summed E-state index contributed by atoms with van der Waals surface area (Å²) in [5.74, 6) is -0.663. The molecule has 4 nitrogen and oxygen atoms in total. The van der Waals surface area contributed by atoms with E-state index in [1.807, 2.05) is 0 Å². The van der Waals surface area contributed by atoms with Crippen LogP contribution in [0.2, 0.25) is 0 Å². The van der Waals surface area contributed by atoms with E-state index in [0.717, 1.165) is 12.8 Å². The van der Waals surface area contributed by atoms with Gasteiger partial charge in [0.25, 0.3) is 5.91 Å². The SMILES string of the molecule is CC(C)C1(CNC(=O)c2cccc(C(=O)O)c2)CC1. The number of carbonyl (C=O) groups is 2. The number of rotatable bonds is 5. The number of carbonyl (C=O) groups excluding carboxylic acids is 1. The van der Waals surface area contributed by atoms with E-state index in [1.165, 1.54) is 12.1 Å². The van der Waals surface area contributed by atoms with Crippen LogP contribution in [0, 0.1) is 11.3 Å². The van der Waals surface area contributed by atoms with Crippen molar-refractivity contribution in [1.82, 2.24) is 5.32 Å². The molecule has 1 aliphatic carbocycles. The minimum atomic E-state index is -1.02. The van der Waals surface area contributed by atoms with Crippen LogP contribution in [0.25, 0.3) is 0 Å². The predicted octanol–water partition coefficient (Wildman–Crippen LogP) is 2.55. The summed E-state index contributed by atoms with van der Waals surface area (Å²) >= 11 is 0. The smallest absolute Gasteiger partial charge is 0.335 e. The van der Waals surface area contributed by atoms with Gasteiger partial charge in [-0.15, -0.1) is 0 Å². The standard InChI is InChI=1S/C15H19NO3/c1-10(2)15(6-7-15)9-16-13(17)11-4-3-5-12(8-11)14(18)19/h3-5,8,10H,6-7,9H2,1-2H3,(H,16,17)(H,18,19). The molecule has 0 heterocycles. The third kappa shape index (κ3) is 2.95. The van der Waals surface area contributed by atoms with E-state index < -0.39 is 5.97 Å². The minimum Gasteiger partial charge on any atom is -0.478 e. The highest BCUT2D eigenvalue weighted by molar-refractivity contribution is 5.97. The number of aromatic carboxylic acids is 1. The largest absolute Gasteiger partial charge is 0.478 e. The van der Waals surface area contributed by atoms with E-state index >= 15 is 0 Å². The summed E-state index contributed by atoms with van der Waals surface area (Å²) in [5.41, 5.74) is 0.789. The monoisotopic (exact) mass is 261 g/mol. The number of hydrogen-bond donors (Lipinski definition) is 2. The highest BCUT2D eigenvalue weighted by Crippen LogP contribution is 2.51. The number of benzene rings is 1. The number of hydrogen-bond acceptors (Lipinski definition) is 2. The molecule has 0 bridgehead atoms. The van der Waals surface area contributed by atoms with Crippen LogP contribution < -0.4 is 5.32 Å². The molecule has 0 aromatic heterocycles. The van der Waals surface area contributed by atoms with Gasteiger partial charge in [-0.2, -0.15) is 0 Å². The van der Waals surface area contributed by atoms with Gasteiger partial charge in [0, 0.05) is 12.1 Å². The lowest BCUT2D eigenvalue weighted by Gasteiger charge is -2.20. The molecule has 1 aromatic rings. The molecule has 2 N–H and O–H groups in total. The average molecular weight is 261 g/mol. The van der Waals surface area contributed by atoms with Gasteiger partial charge in [0.2, 0.25) is 0 Å². The molecule has 0 unspecified atom stereocenters. The third-order valence-corrected chi connectivity index (χ3v) is 4.09. The van der Waals surface area contributed by atoms with Crippen molar-refractivity contribution in [1.29, 1.82) is 0 Å². The van der Waals surface area contributed by atoms with E-state index in [-0.39, 0.29) is 16.9 Å². The summed E-state index contributed by atoms with van der Waals surface area (Å²) in [6.45, 7) is 5.01. The van der Waals surface area contributed by atoms with Crippen LogP contribution in [0.15, 0.2) is 24.3 Å². The van der Waals surface area contributed by atoms with Crippen LogP contribution in [0.3, 0.4) is 0 Å². The maximum Gasteiger partial charge on any atom is 0.335 e. The maximum atomic E-state index is 12.0. The summed E-state index contributed by atoms with van der Waals surface area (Å²) in [6, 6.07) is 6.12. The van der Waals surface area contributed by atoms with Crippen molar-refractivity contribution >= 4 is 11.9 Å². The van der Waals surface area contributed by atoms with Crippen LogP contribution >= 0.6 is 0 Å². The molecule has 0 atom stereocenters. The molecular weight excluding hydrogens is 242 g/mol. The molecule has 0 saturated heterocycles. The van der Waals surface area contributed by atoms with Gasteiger partial charge in [0.15, 0.2) is 0 Å². The van der Waals surface area contributed by atoms with Crippen LogP contribution in [0.5, 0.6) is 0 Å². The zero-order chi connectivity index (χ0) is 14.0. The zero-order valence-electron chi connectivity index (χ0n) is 11.3. The molecule has 1 saturated carbocycles. The van der Waals surface area contributed by atoms with Gasteiger partial charge < -0.3 is 10.4 Å². The van der Waals surface area contributed by atoms with Gasteiger partial charge in [-0.05, 0) is 42.4 Å². The Balaban J connectivity index is 2.00. The quantitative estimate of drug-likeness (QED) is 0.856. The van der Waals surface area contributed by atoms with E-state index in [2.05, 4.69) is 19.2 Å². The molecule has 0 aliphatic heterocycles. The first-order valence-corrected chi connectivity index (χ1v) is 6.56. The van der Waals surface area contributed by atoms with Crippen molar-refractivity contribution in [2.45, 2.75) is 26.7 Å². The van der Waals surface area contributed by atoms with Gasteiger partial charge in [0.05, 0.1) is 5.56 Å². The molecule has 1 aromatic carbocycles. The van der Waals surface area contributed by atoms with Crippen LogP contribution in [0.1, 0.15) is 47.4 Å². The topological polar surface area (TPSA) is 66.4 Å². The van der Waals surface area contributed by atoms with E-state index in [9.17, 15) is 9.59 Å². The van der Waals surface area contributed by atoms with Gasteiger partial charge in [-0.1, -0.05) is 19.9 Å². The van der Waals surface area contributed by atoms with Crippen molar-refractivity contribution < 1.29 is 14.7 Å². The molecule has 0 radical (unpaired) electrons. The first-order chi connectivity index (χ1) is 8.94. The fourth-order valence-corrected chi connectivity index (χ4v) is 2.27. The summed E-state index contributed by atoms with van der Waals surface area (Å²) in [6.07, 6.45) is 2.31. The average Bonchev–Trinajstić information content (AvgIpc) is 3.17. The summed E-state index contributed by atoms with van der Waals surface area (Å²) in [5, 5.41) is 11.8. The molecule has 1 aliphatic rings. The first-order valence-electron chi connectivity index (χ1n) is 6.56. The van der Waals surface area contributed by atoms with Crippen LogP contribution in [-0.2, 0) is 0 Å². The Morgan fingerprint density at radius 1 is 1.32 bits per heavy atom. The predicted molar refractivity (Wildman–Crippen MR) is 72.2 cm³/mol. The van der Waals surface area contributed by atoms with Crippen molar-refractivity contribution in [2.75, 3.05) is 6.54 Å². The molecule has 1 fully saturated rings. The van der Waals surface area contributed by atoms with Crippen molar-refractivity contribution in [3.63, 3.8) is 0 Å². The molecule has 0 spiro atoms. The number of carboxylic acid groups (broad SMARTS) is 1. The summed E-state index contributed by atoms with van der Waals surface area (Å²) < 4.78 is 0. The van der Waals surface area contributed by atoms with Gasteiger partial charge in [-0.25, -0.2) is 4.79 Å². The number of carboxylic acids is 1. The Morgan fingerprint density at radius 2 is 1.95 bits per heavy atom. The lowest BCUT2D eigenvalue weighted by atomic mass is 9.92. The Labute approximate surface area is 112 Å². The molecule has 2 rings (SSSR count). The van der Waals surface area contributed by atoms with Gasteiger partial charge >= 0.3 is 5.97 Å². The Hall–Kier alpha value is -1.84. The Kier molecular flexibility index (Phi) is 3.60. The van der Waals surface area contributed by atoms with Crippen LogP contribution in [0.4, 0.5) is 0 Å². The normalized spacial score (nSPS) is 16.2. The number of nitrogens with one attached hydrogen (secondary N) is 1. The lowest BCUT2D eigenvalue weighted by molar-refractivity contribution is 0.0697. The third-order valence-electron chi connectivity index (χ3n) is 4.09. The second-order valence-corrected chi connectivity index (χ2v) is 5.59. The molecule has 102 valence electrons. The zero-order valence-corrected chi connectivity index (χ0v) is 11.3. The number of amides is 1. The molecular formula is C15H19NO3. The fourth-order valence-electron chi connectivity index (χ4n) is 2.27. The second-order valence-electron chi connectivity index (χ2n) is 5.59. The summed E-state index contributed by atoms with van der Waals surface area (Å²) in [4.78, 5) is 22.9. The van der Waals surface area contributed by atoms with Crippen molar-refractivity contribution in [3.05, 3.63) is 35.4 Å². The van der Waals surface area contributed by atoms with Crippen LogP contribution in [-0.4, -0.2) is 23.5 Å². The highest BCUT2D eigenvalue weighted by atomic mass is 16.4. The van der Waals surface area contributed by atoms with Crippen molar-refractivity contribution in [2.24, 2.45) is 11.3 Å². The Bertz CT molecular complexity index is 504. The summed E-state index contributed by atoms with van der Waals surface area (Å²) in [7, 11) is 0. The van der Waals surface area contributed by atoms with Crippen molar-refractivity contribution in [3.8, 4) is 0 Å². The maximum absolute atomic E-state index is 12.0. The van der Waals surface area contributed by atoms with E-state index in [4.69, 9.17) is 5.11 Å². The highest BCUT2D eigenvalue weighted by Gasteiger charge is 2.45. The minimum absolute atomic E-state index is 0.137. The van der Waals surface area contributed by atoms with E-state index in [0.29, 0.717) is 18.0 Å². The van der Waals surface area contributed by atoms with E-state index in [1.54, 1.807) is 12.1 Å². The molecule has 19 heavy (non-hydrogen) atoms. The second kappa shape index (κ2) is 5.03. The first kappa shape index (κ1) is 13.6. The lowest BCUT2D eigenvalue weighted by Crippen LogP contribution is -2.32. The Morgan fingerprint density at radius 3 is 2.47 bits per heavy atom. The van der Waals surface area contributed by atoms with Gasteiger partial charge in [0.1, 0.15) is 0 Å². The molecule has 4 heteroatoms. The fraction of sp³-hybridized carbons (Fsp3) is 0.467. The molecule has 1 amide bonds.